The van der Waals surface area contributed by atoms with Gasteiger partial charge in [-0.3, -0.25) is 4.98 Å². The topological polar surface area (TPSA) is 34.1 Å². The number of thiazole rings is 1. The number of ether oxygens (including phenoxy) is 1. The third-order valence-corrected chi connectivity index (χ3v) is 2.45. The van der Waals surface area contributed by atoms with Crippen molar-refractivity contribution in [3.63, 3.8) is 0 Å². The van der Waals surface area contributed by atoms with Crippen molar-refractivity contribution < 1.29 is 4.74 Å². The standard InChI is InChI=1S/C10H16N2OS/c1-9(6-11-3-4-13-2)5-10-7-12-8-14-10/h5,7-8,11H,3-4,6H2,1-2H3. The predicted molar refractivity (Wildman–Crippen MR) is 60.5 cm³/mol. The van der Waals surface area contributed by atoms with Crippen LogP contribution in [0.4, 0.5) is 0 Å². The molecule has 1 aromatic rings. The monoisotopic (exact) mass is 212 g/mol. The Morgan fingerprint density at radius 1 is 1.71 bits per heavy atom. The van der Waals surface area contributed by atoms with E-state index in [0.29, 0.717) is 0 Å². The Balaban J connectivity index is 2.24. The van der Waals surface area contributed by atoms with E-state index in [2.05, 4.69) is 23.3 Å². The molecule has 3 nitrogen and oxygen atoms in total. The Labute approximate surface area is 88.8 Å². The molecule has 0 saturated heterocycles. The fourth-order valence-corrected chi connectivity index (χ4v) is 1.68. The molecular weight excluding hydrogens is 196 g/mol. The van der Waals surface area contributed by atoms with E-state index in [1.165, 1.54) is 10.5 Å². The average molecular weight is 212 g/mol. The summed E-state index contributed by atoms with van der Waals surface area (Å²) in [7, 11) is 1.71. The Kier molecular flexibility index (Phi) is 5.44. The van der Waals surface area contributed by atoms with Crippen LogP contribution in [0.5, 0.6) is 0 Å². The second-order valence-corrected chi connectivity index (χ2v) is 3.98. The molecule has 0 unspecified atom stereocenters. The van der Waals surface area contributed by atoms with Crippen LogP contribution in [-0.4, -0.2) is 31.8 Å². The molecule has 78 valence electrons. The van der Waals surface area contributed by atoms with E-state index >= 15 is 0 Å². The van der Waals surface area contributed by atoms with Gasteiger partial charge in [-0.2, -0.15) is 0 Å². The smallest absolute Gasteiger partial charge is 0.0797 e. The first-order chi connectivity index (χ1) is 6.83. The number of methoxy groups -OCH3 is 1. The zero-order chi connectivity index (χ0) is 10.2. The summed E-state index contributed by atoms with van der Waals surface area (Å²) in [5.74, 6) is 0. The van der Waals surface area contributed by atoms with Gasteiger partial charge >= 0.3 is 0 Å². The molecule has 1 heterocycles. The SMILES string of the molecule is COCCNCC(C)=Cc1cncs1. The number of nitrogens with zero attached hydrogens (tertiary/aromatic N) is 1. The minimum absolute atomic E-state index is 0.758. The summed E-state index contributed by atoms with van der Waals surface area (Å²) < 4.78 is 4.94. The lowest BCUT2D eigenvalue weighted by molar-refractivity contribution is 0.200. The summed E-state index contributed by atoms with van der Waals surface area (Å²) in [4.78, 5) is 5.22. The van der Waals surface area contributed by atoms with Crippen LogP contribution in [0, 0.1) is 0 Å². The molecule has 0 radical (unpaired) electrons. The molecule has 0 fully saturated rings. The fraction of sp³-hybridized carbons (Fsp3) is 0.500. The van der Waals surface area contributed by atoms with Gasteiger partial charge in [0.2, 0.25) is 0 Å². The maximum atomic E-state index is 4.94. The van der Waals surface area contributed by atoms with Crippen LogP contribution in [0.1, 0.15) is 11.8 Å². The molecule has 0 aliphatic heterocycles. The summed E-state index contributed by atoms with van der Waals surface area (Å²) in [6.07, 6.45) is 4.03. The molecule has 0 aromatic carbocycles. The second kappa shape index (κ2) is 6.70. The minimum Gasteiger partial charge on any atom is -0.383 e. The maximum absolute atomic E-state index is 4.94. The van der Waals surface area contributed by atoms with Crippen molar-refractivity contribution in [2.75, 3.05) is 26.8 Å². The van der Waals surface area contributed by atoms with E-state index in [1.54, 1.807) is 18.4 Å². The number of aromatic nitrogens is 1. The first-order valence-electron chi connectivity index (χ1n) is 4.58. The van der Waals surface area contributed by atoms with E-state index in [9.17, 15) is 0 Å². The second-order valence-electron chi connectivity index (χ2n) is 3.06. The third kappa shape index (κ3) is 4.50. The van der Waals surface area contributed by atoms with Crippen LogP contribution in [0.25, 0.3) is 6.08 Å². The lowest BCUT2D eigenvalue weighted by Gasteiger charge is -2.03. The highest BCUT2D eigenvalue weighted by Gasteiger charge is 1.92. The summed E-state index contributed by atoms with van der Waals surface area (Å²) in [5, 5.41) is 3.29. The molecule has 0 aliphatic rings. The first kappa shape index (κ1) is 11.4. The first-order valence-corrected chi connectivity index (χ1v) is 5.46. The van der Waals surface area contributed by atoms with Gasteiger partial charge in [0.25, 0.3) is 0 Å². The molecule has 1 N–H and O–H groups in total. The molecule has 1 rings (SSSR count). The zero-order valence-corrected chi connectivity index (χ0v) is 9.43. The van der Waals surface area contributed by atoms with Crippen LogP contribution >= 0.6 is 11.3 Å². The zero-order valence-electron chi connectivity index (χ0n) is 8.62. The molecule has 0 atom stereocenters. The van der Waals surface area contributed by atoms with Crippen molar-refractivity contribution in [3.8, 4) is 0 Å². The molecule has 0 bridgehead atoms. The highest BCUT2D eigenvalue weighted by atomic mass is 32.1. The van der Waals surface area contributed by atoms with Crippen molar-refractivity contribution in [3.05, 3.63) is 22.2 Å². The van der Waals surface area contributed by atoms with Crippen LogP contribution in [0.15, 0.2) is 17.3 Å². The van der Waals surface area contributed by atoms with Gasteiger partial charge in [-0.05, 0) is 13.0 Å². The predicted octanol–water partition coefficient (Wildman–Crippen LogP) is 1.78. The van der Waals surface area contributed by atoms with Gasteiger partial charge in [-0.15, -0.1) is 11.3 Å². The molecule has 14 heavy (non-hydrogen) atoms. The fourth-order valence-electron chi connectivity index (χ4n) is 1.05. The molecule has 0 amide bonds. The van der Waals surface area contributed by atoms with Crippen molar-refractivity contribution in [1.82, 2.24) is 10.3 Å². The number of hydrogen-bond donors (Lipinski definition) is 1. The highest BCUT2D eigenvalue weighted by Crippen LogP contribution is 2.10. The summed E-state index contributed by atoms with van der Waals surface area (Å²) in [5.41, 5.74) is 3.16. The maximum Gasteiger partial charge on any atom is 0.0797 e. The van der Waals surface area contributed by atoms with Crippen molar-refractivity contribution >= 4 is 17.4 Å². The number of nitrogens with one attached hydrogen (secondary N) is 1. The molecular formula is C10H16N2OS. The summed E-state index contributed by atoms with van der Waals surface area (Å²) in [6.45, 7) is 4.67. The van der Waals surface area contributed by atoms with Gasteiger partial charge in [-0.25, -0.2) is 0 Å². The van der Waals surface area contributed by atoms with Crippen LogP contribution in [-0.2, 0) is 4.74 Å². The van der Waals surface area contributed by atoms with E-state index in [-0.39, 0.29) is 0 Å². The third-order valence-electron chi connectivity index (χ3n) is 1.73. The highest BCUT2D eigenvalue weighted by molar-refractivity contribution is 7.10. The lowest BCUT2D eigenvalue weighted by atomic mass is 10.2. The average Bonchev–Trinajstić information content (AvgIpc) is 2.65. The van der Waals surface area contributed by atoms with Gasteiger partial charge in [-0.1, -0.05) is 5.57 Å². The van der Waals surface area contributed by atoms with Gasteiger partial charge < -0.3 is 10.1 Å². The van der Waals surface area contributed by atoms with E-state index < -0.39 is 0 Å². The van der Waals surface area contributed by atoms with Crippen molar-refractivity contribution in [1.29, 1.82) is 0 Å². The Morgan fingerprint density at radius 2 is 2.57 bits per heavy atom. The van der Waals surface area contributed by atoms with Crippen molar-refractivity contribution in [2.24, 2.45) is 0 Å². The molecule has 0 aliphatic carbocycles. The van der Waals surface area contributed by atoms with Gasteiger partial charge in [0, 0.05) is 31.3 Å². The number of hydrogen-bond acceptors (Lipinski definition) is 4. The van der Waals surface area contributed by atoms with Crippen LogP contribution < -0.4 is 5.32 Å². The molecule has 4 heteroatoms. The van der Waals surface area contributed by atoms with E-state index in [4.69, 9.17) is 4.74 Å². The van der Waals surface area contributed by atoms with Gasteiger partial charge in [0.1, 0.15) is 0 Å². The largest absolute Gasteiger partial charge is 0.383 e. The van der Waals surface area contributed by atoms with E-state index in [0.717, 1.165) is 19.7 Å². The van der Waals surface area contributed by atoms with Gasteiger partial charge in [0.05, 0.1) is 12.1 Å². The Morgan fingerprint density at radius 3 is 3.21 bits per heavy atom. The molecule has 0 spiro atoms. The van der Waals surface area contributed by atoms with Gasteiger partial charge in [0.15, 0.2) is 0 Å². The summed E-state index contributed by atoms with van der Waals surface area (Å²) >= 11 is 1.65. The van der Waals surface area contributed by atoms with Crippen molar-refractivity contribution in [2.45, 2.75) is 6.92 Å². The normalized spacial score (nSPS) is 12.0. The van der Waals surface area contributed by atoms with Crippen LogP contribution in [0.2, 0.25) is 0 Å². The molecule has 0 saturated carbocycles. The molecule has 1 aromatic heterocycles. The van der Waals surface area contributed by atoms with E-state index in [1.807, 2.05) is 11.7 Å². The quantitative estimate of drug-likeness (QED) is 0.730. The summed E-state index contributed by atoms with van der Waals surface area (Å²) in [6, 6.07) is 0. The lowest BCUT2D eigenvalue weighted by Crippen LogP contribution is -2.20. The van der Waals surface area contributed by atoms with Crippen LogP contribution in [0.3, 0.4) is 0 Å². The Hall–Kier alpha value is -0.710. The minimum atomic E-state index is 0.758. The Bertz CT molecular complexity index is 270. The number of rotatable bonds is 6.